The highest BCUT2D eigenvalue weighted by molar-refractivity contribution is 7.09. The van der Waals surface area contributed by atoms with E-state index in [9.17, 15) is 18.0 Å². The normalized spacial score (nSPS) is 10.9. The third-order valence-electron chi connectivity index (χ3n) is 4.03. The summed E-state index contributed by atoms with van der Waals surface area (Å²) in [7, 11) is 0. The maximum atomic E-state index is 12.4. The second-order valence-electron chi connectivity index (χ2n) is 6.44. The van der Waals surface area contributed by atoms with Gasteiger partial charge in [0, 0.05) is 35.1 Å². The van der Waals surface area contributed by atoms with Crippen molar-refractivity contribution in [2.45, 2.75) is 19.3 Å². The van der Waals surface area contributed by atoms with Crippen molar-refractivity contribution in [1.29, 1.82) is 0 Å². The molecule has 172 valence electrons. The van der Waals surface area contributed by atoms with E-state index in [0.29, 0.717) is 12.4 Å². The molecule has 9 nitrogen and oxygen atoms in total. The Morgan fingerprint density at radius 3 is 2.45 bits per heavy atom. The Balaban J connectivity index is 0.000000383. The maximum Gasteiger partial charge on any atom is 0.490 e. The zero-order valence-corrected chi connectivity index (χ0v) is 17.6. The van der Waals surface area contributed by atoms with E-state index in [0.717, 1.165) is 11.3 Å². The molecule has 0 saturated heterocycles. The van der Waals surface area contributed by atoms with E-state index < -0.39 is 12.1 Å². The number of alkyl halides is 3. The zero-order valence-electron chi connectivity index (χ0n) is 16.8. The number of aliphatic carboxylic acids is 1. The van der Waals surface area contributed by atoms with Crippen LogP contribution in [-0.2, 0) is 22.7 Å². The Hall–Kier alpha value is -4.00. The minimum atomic E-state index is -5.08. The fraction of sp³-hybridized carbons (Fsp3) is 0.150. The molecule has 0 radical (unpaired) electrons. The molecule has 4 aromatic rings. The van der Waals surface area contributed by atoms with Crippen LogP contribution in [0.2, 0.25) is 0 Å². The molecule has 4 rings (SSSR count). The van der Waals surface area contributed by atoms with Gasteiger partial charge < -0.3 is 10.4 Å². The van der Waals surface area contributed by atoms with Crippen molar-refractivity contribution < 1.29 is 27.9 Å². The molecule has 0 saturated carbocycles. The molecule has 0 aromatic carbocycles. The number of pyridine rings is 1. The average Bonchev–Trinajstić information content (AvgIpc) is 3.52. The van der Waals surface area contributed by atoms with E-state index in [1.54, 1.807) is 51.6 Å². The fourth-order valence-corrected chi connectivity index (χ4v) is 3.26. The topological polar surface area (TPSA) is 115 Å². The van der Waals surface area contributed by atoms with Gasteiger partial charge in [-0.1, -0.05) is 6.07 Å². The molecule has 0 aliphatic rings. The monoisotopic (exact) mass is 478 g/mol. The molecule has 33 heavy (non-hydrogen) atoms. The summed E-state index contributed by atoms with van der Waals surface area (Å²) in [5.74, 6) is -2.24. The lowest BCUT2D eigenvalue weighted by Crippen LogP contribution is -2.21. The Labute approximate surface area is 189 Å². The Bertz CT molecular complexity index is 1190. The van der Waals surface area contributed by atoms with Crippen LogP contribution >= 0.6 is 11.3 Å². The molecule has 13 heteroatoms. The molecule has 0 spiro atoms. The molecule has 2 N–H and O–H groups in total. The van der Waals surface area contributed by atoms with Crippen molar-refractivity contribution in [1.82, 2.24) is 24.5 Å². The summed E-state index contributed by atoms with van der Waals surface area (Å²) >= 11 is 1.66. The number of carboxylic acids is 1. The number of carbonyl (C=O) groups is 2. The lowest BCUT2D eigenvalue weighted by Gasteiger charge is -2.08. The summed E-state index contributed by atoms with van der Waals surface area (Å²) < 4.78 is 35.1. The van der Waals surface area contributed by atoms with Crippen molar-refractivity contribution in [2.24, 2.45) is 0 Å². The highest BCUT2D eigenvalue weighted by atomic mass is 32.1. The van der Waals surface area contributed by atoms with Crippen LogP contribution in [0.5, 0.6) is 0 Å². The molecule has 0 aliphatic carbocycles. The third kappa shape index (κ3) is 7.00. The largest absolute Gasteiger partial charge is 0.490 e. The summed E-state index contributed by atoms with van der Waals surface area (Å²) in [6.45, 7) is 0.767. The van der Waals surface area contributed by atoms with Gasteiger partial charge in [0.05, 0.1) is 18.4 Å². The molecular formula is C20H17F3N6O3S. The lowest BCUT2D eigenvalue weighted by atomic mass is 10.2. The van der Waals surface area contributed by atoms with Crippen LogP contribution in [-0.4, -0.2) is 47.7 Å². The molecular weight excluding hydrogens is 461 g/mol. The first-order chi connectivity index (χ1) is 15.7. The van der Waals surface area contributed by atoms with Crippen LogP contribution < -0.4 is 5.32 Å². The Kier molecular flexibility index (Phi) is 7.56. The van der Waals surface area contributed by atoms with Crippen molar-refractivity contribution in [3.05, 3.63) is 71.4 Å². The number of nitrogens with zero attached hydrogens (tertiary/aromatic N) is 5. The second kappa shape index (κ2) is 10.5. The number of amides is 1. The quantitative estimate of drug-likeness (QED) is 0.438. The standard InChI is InChI=1S/C18H16N6OS.C2HF3O2/c25-18(13-23-10-6-16(22-23)14-3-7-19-8-4-14)21-17-5-9-20-24(17)12-15-2-1-11-26-15;3-2(4,5)1(6)7/h1-11H,12-13H2,(H,21,25);(H,6,7). The van der Waals surface area contributed by atoms with E-state index in [4.69, 9.17) is 9.90 Å². The smallest absolute Gasteiger partial charge is 0.475 e. The van der Waals surface area contributed by atoms with Crippen LogP contribution in [0.25, 0.3) is 11.3 Å². The van der Waals surface area contributed by atoms with E-state index >= 15 is 0 Å². The van der Waals surface area contributed by atoms with Crippen molar-refractivity contribution in [3.8, 4) is 11.3 Å². The Morgan fingerprint density at radius 2 is 1.82 bits per heavy atom. The van der Waals surface area contributed by atoms with E-state index in [-0.39, 0.29) is 12.5 Å². The van der Waals surface area contributed by atoms with E-state index in [1.165, 1.54) is 4.88 Å². The highest BCUT2D eigenvalue weighted by Crippen LogP contribution is 2.16. The van der Waals surface area contributed by atoms with Gasteiger partial charge in [0.1, 0.15) is 12.4 Å². The highest BCUT2D eigenvalue weighted by Gasteiger charge is 2.38. The van der Waals surface area contributed by atoms with Gasteiger partial charge in [-0.15, -0.1) is 11.3 Å². The fourth-order valence-electron chi connectivity index (χ4n) is 2.57. The van der Waals surface area contributed by atoms with Crippen LogP contribution in [0, 0.1) is 0 Å². The van der Waals surface area contributed by atoms with Crippen LogP contribution in [0.4, 0.5) is 19.0 Å². The summed E-state index contributed by atoms with van der Waals surface area (Å²) in [5, 5.41) is 20.8. The predicted octanol–water partition coefficient (Wildman–Crippen LogP) is 3.52. The summed E-state index contributed by atoms with van der Waals surface area (Å²) in [6, 6.07) is 11.5. The molecule has 0 fully saturated rings. The summed E-state index contributed by atoms with van der Waals surface area (Å²) in [5.41, 5.74) is 1.77. The second-order valence-corrected chi connectivity index (χ2v) is 7.47. The first-order valence-electron chi connectivity index (χ1n) is 9.30. The molecule has 1 amide bonds. The number of halogens is 3. The zero-order chi connectivity index (χ0) is 23.8. The van der Waals surface area contributed by atoms with Crippen molar-refractivity contribution >= 4 is 29.0 Å². The predicted molar refractivity (Wildman–Crippen MR) is 113 cm³/mol. The van der Waals surface area contributed by atoms with Gasteiger partial charge in [-0.25, -0.2) is 9.48 Å². The van der Waals surface area contributed by atoms with Crippen molar-refractivity contribution in [2.75, 3.05) is 5.32 Å². The number of carbonyl (C=O) groups excluding carboxylic acids is 1. The third-order valence-corrected chi connectivity index (χ3v) is 4.90. The number of nitrogens with one attached hydrogen (secondary N) is 1. The van der Waals surface area contributed by atoms with E-state index in [2.05, 4.69) is 20.5 Å². The minimum absolute atomic E-state index is 0.134. The minimum Gasteiger partial charge on any atom is -0.475 e. The first-order valence-corrected chi connectivity index (χ1v) is 10.2. The average molecular weight is 478 g/mol. The van der Waals surface area contributed by atoms with Gasteiger partial charge in [0.15, 0.2) is 0 Å². The number of thiophene rings is 1. The number of anilines is 1. The number of hydrogen-bond donors (Lipinski definition) is 2. The van der Waals surface area contributed by atoms with Gasteiger partial charge in [-0.2, -0.15) is 23.4 Å². The van der Waals surface area contributed by atoms with Crippen LogP contribution in [0.3, 0.4) is 0 Å². The number of hydrogen-bond acceptors (Lipinski definition) is 6. The van der Waals surface area contributed by atoms with Crippen LogP contribution in [0.15, 0.2) is 66.6 Å². The van der Waals surface area contributed by atoms with Gasteiger partial charge in [0.2, 0.25) is 5.91 Å². The van der Waals surface area contributed by atoms with Gasteiger partial charge in [-0.05, 0) is 29.6 Å². The SMILES string of the molecule is O=C(Cn1ccc(-c2ccncc2)n1)Nc1ccnn1Cc1cccs1.O=C(O)C(F)(F)F. The summed E-state index contributed by atoms with van der Waals surface area (Å²) in [6.07, 6.45) is 1.82. The van der Waals surface area contributed by atoms with Crippen molar-refractivity contribution in [3.63, 3.8) is 0 Å². The molecule has 0 unspecified atom stereocenters. The lowest BCUT2D eigenvalue weighted by molar-refractivity contribution is -0.192. The summed E-state index contributed by atoms with van der Waals surface area (Å²) in [4.78, 5) is 26.4. The first kappa shape index (κ1) is 23.7. The number of aromatic nitrogens is 5. The maximum absolute atomic E-state index is 12.4. The van der Waals surface area contributed by atoms with Gasteiger partial charge in [-0.3, -0.25) is 14.5 Å². The van der Waals surface area contributed by atoms with E-state index in [1.807, 2.05) is 35.7 Å². The van der Waals surface area contributed by atoms with Gasteiger partial charge in [0.25, 0.3) is 0 Å². The Morgan fingerprint density at radius 1 is 1.09 bits per heavy atom. The molecule has 0 bridgehead atoms. The van der Waals surface area contributed by atoms with Crippen LogP contribution in [0.1, 0.15) is 4.88 Å². The molecule has 0 atom stereocenters. The van der Waals surface area contributed by atoms with Gasteiger partial charge >= 0.3 is 12.1 Å². The molecule has 0 aliphatic heterocycles. The molecule has 4 heterocycles. The number of rotatable bonds is 6. The molecule has 4 aromatic heterocycles. The number of carboxylic acid groups (broad SMARTS) is 1.